The Morgan fingerprint density at radius 3 is 2.30 bits per heavy atom. The molecule has 0 saturated carbocycles. The van der Waals surface area contributed by atoms with Gasteiger partial charge in [-0.05, 0) is 12.3 Å². The number of carboxylic acids is 1. The maximum absolute atomic E-state index is 11.7. The summed E-state index contributed by atoms with van der Waals surface area (Å²) in [7, 11) is 0. The Labute approximate surface area is 156 Å². The van der Waals surface area contributed by atoms with E-state index in [1.165, 1.54) is 0 Å². The van der Waals surface area contributed by atoms with Crippen LogP contribution in [0, 0.1) is 5.92 Å². The number of aliphatic carboxylic acids is 1. The first-order valence-electron chi connectivity index (χ1n) is 8.73. The molecule has 0 radical (unpaired) electrons. The molecule has 0 aromatic rings. The zero-order chi connectivity index (χ0) is 20.7. The van der Waals surface area contributed by atoms with Gasteiger partial charge >= 0.3 is 12.1 Å². The predicted molar refractivity (Wildman–Crippen MR) is 90.5 cm³/mol. The molecule has 1 saturated heterocycles. The van der Waals surface area contributed by atoms with Crippen LogP contribution < -0.4 is 10.6 Å². The van der Waals surface area contributed by atoms with E-state index < -0.39 is 61.3 Å². The Kier molecular flexibility index (Phi) is 8.89. The number of carbonyl (C=O) groups is 3. The second-order valence-electron chi connectivity index (χ2n) is 6.69. The van der Waals surface area contributed by atoms with Gasteiger partial charge in [0.15, 0.2) is 6.29 Å². The van der Waals surface area contributed by atoms with Crippen LogP contribution in [-0.2, 0) is 19.1 Å². The van der Waals surface area contributed by atoms with Crippen LogP contribution in [0.25, 0.3) is 0 Å². The fourth-order valence-corrected chi connectivity index (χ4v) is 2.56. The molecule has 11 heteroatoms. The van der Waals surface area contributed by atoms with Crippen LogP contribution in [-0.4, -0.2) is 81.7 Å². The van der Waals surface area contributed by atoms with Gasteiger partial charge in [-0.25, -0.2) is 9.59 Å². The molecule has 1 heterocycles. The van der Waals surface area contributed by atoms with Crippen LogP contribution in [0.3, 0.4) is 0 Å². The maximum Gasteiger partial charge on any atom is 0.407 e. The number of ether oxygens (including phenoxy) is 2. The fourth-order valence-electron chi connectivity index (χ4n) is 2.56. The lowest BCUT2D eigenvalue weighted by Crippen LogP contribution is -2.64. The predicted octanol–water partition coefficient (Wildman–Crippen LogP) is -1.45. The van der Waals surface area contributed by atoms with Crippen LogP contribution in [0.2, 0.25) is 0 Å². The van der Waals surface area contributed by atoms with Crippen molar-refractivity contribution in [2.45, 2.75) is 70.3 Å². The van der Waals surface area contributed by atoms with E-state index in [2.05, 4.69) is 10.6 Å². The third-order valence-corrected chi connectivity index (χ3v) is 4.11. The highest BCUT2D eigenvalue weighted by atomic mass is 16.6. The largest absolute Gasteiger partial charge is 0.480 e. The zero-order valence-corrected chi connectivity index (χ0v) is 15.5. The van der Waals surface area contributed by atoms with E-state index in [9.17, 15) is 29.7 Å². The summed E-state index contributed by atoms with van der Waals surface area (Å²) in [5, 5.41) is 43.7. The number of aliphatic hydroxyl groups is 3. The van der Waals surface area contributed by atoms with Gasteiger partial charge < -0.3 is 40.5 Å². The molecular weight excluding hydrogens is 364 g/mol. The summed E-state index contributed by atoms with van der Waals surface area (Å²) in [6.45, 7) is 4.45. The van der Waals surface area contributed by atoms with Gasteiger partial charge in [-0.15, -0.1) is 0 Å². The Morgan fingerprint density at radius 1 is 1.15 bits per heavy atom. The summed E-state index contributed by atoms with van der Waals surface area (Å²) in [6.07, 6.45) is -6.28. The molecule has 1 aliphatic heterocycles. The van der Waals surface area contributed by atoms with Crippen molar-refractivity contribution in [3.63, 3.8) is 0 Å². The van der Waals surface area contributed by atoms with Crippen molar-refractivity contribution in [2.75, 3.05) is 6.61 Å². The van der Waals surface area contributed by atoms with E-state index in [4.69, 9.17) is 14.6 Å². The molecule has 6 N–H and O–H groups in total. The van der Waals surface area contributed by atoms with Gasteiger partial charge in [0.2, 0.25) is 5.91 Å². The lowest BCUT2D eigenvalue weighted by Gasteiger charge is -2.40. The molecule has 0 aromatic carbocycles. The van der Waals surface area contributed by atoms with E-state index >= 15 is 0 Å². The van der Waals surface area contributed by atoms with Gasteiger partial charge in [0.1, 0.15) is 37.0 Å². The molecule has 1 unspecified atom stereocenters. The van der Waals surface area contributed by atoms with Crippen molar-refractivity contribution < 1.29 is 44.3 Å². The zero-order valence-electron chi connectivity index (χ0n) is 15.5. The van der Waals surface area contributed by atoms with Crippen LogP contribution in [0.4, 0.5) is 4.79 Å². The summed E-state index contributed by atoms with van der Waals surface area (Å²) in [5.41, 5.74) is 0. The van der Waals surface area contributed by atoms with E-state index in [0.29, 0.717) is 6.42 Å². The first kappa shape index (κ1) is 23.1. The van der Waals surface area contributed by atoms with Gasteiger partial charge in [0, 0.05) is 6.42 Å². The number of carboxylic acid groups (broad SMARTS) is 1. The highest BCUT2D eigenvalue weighted by Gasteiger charge is 2.45. The summed E-state index contributed by atoms with van der Waals surface area (Å²) < 4.78 is 9.95. The smallest absolute Gasteiger partial charge is 0.407 e. The van der Waals surface area contributed by atoms with E-state index in [1.54, 1.807) is 20.8 Å². The lowest BCUT2D eigenvalue weighted by molar-refractivity contribution is -0.253. The number of hydrogen-bond donors (Lipinski definition) is 6. The first-order valence-corrected chi connectivity index (χ1v) is 8.73. The molecule has 11 nitrogen and oxygen atoms in total. The Morgan fingerprint density at radius 2 is 1.78 bits per heavy atom. The van der Waals surface area contributed by atoms with Crippen LogP contribution in [0.5, 0.6) is 0 Å². The molecule has 27 heavy (non-hydrogen) atoms. The van der Waals surface area contributed by atoms with Gasteiger partial charge in [-0.1, -0.05) is 20.8 Å². The number of amides is 2. The van der Waals surface area contributed by atoms with E-state index in [0.717, 1.165) is 0 Å². The summed E-state index contributed by atoms with van der Waals surface area (Å²) in [4.78, 5) is 34.4. The SMILES string of the molecule is CCCC(=O)N[C@H]1C(O)O[C@H](COC(=O)N[C@H](C(=O)O)C(C)C)[C@@H](O)[C@@H]1O. The quantitative estimate of drug-likeness (QED) is 0.288. The monoisotopic (exact) mass is 392 g/mol. The van der Waals surface area contributed by atoms with Crippen molar-refractivity contribution in [2.24, 2.45) is 5.92 Å². The summed E-state index contributed by atoms with van der Waals surface area (Å²) >= 11 is 0. The third kappa shape index (κ3) is 6.61. The minimum absolute atomic E-state index is 0.180. The molecule has 0 bridgehead atoms. The minimum Gasteiger partial charge on any atom is -0.480 e. The van der Waals surface area contributed by atoms with Crippen LogP contribution in [0.1, 0.15) is 33.6 Å². The average Bonchev–Trinajstić information content (AvgIpc) is 2.58. The Hall–Kier alpha value is -1.95. The molecule has 1 aliphatic rings. The lowest BCUT2D eigenvalue weighted by atomic mass is 9.97. The first-order chi connectivity index (χ1) is 12.6. The number of rotatable bonds is 8. The second-order valence-corrected chi connectivity index (χ2v) is 6.69. The molecule has 6 atom stereocenters. The second kappa shape index (κ2) is 10.4. The standard InChI is InChI=1S/C16H28N2O9/c1-4-5-9(19)17-11-13(21)12(20)8(27-15(11)24)6-26-16(25)18-10(7(2)3)14(22)23/h7-8,10-13,15,20-21,24H,4-6H2,1-3H3,(H,17,19)(H,18,25)(H,22,23)/t8-,10+,11-,12-,13-,15?/m1/s1. The number of hydrogen-bond acceptors (Lipinski definition) is 8. The van der Waals surface area contributed by atoms with Crippen molar-refractivity contribution in [3.8, 4) is 0 Å². The molecule has 1 rings (SSSR count). The Bertz CT molecular complexity index is 528. The van der Waals surface area contributed by atoms with Gasteiger partial charge in [0.05, 0.1) is 0 Å². The van der Waals surface area contributed by atoms with E-state index in [1.807, 2.05) is 0 Å². The summed E-state index contributed by atoms with van der Waals surface area (Å²) in [6, 6.07) is -2.40. The highest BCUT2D eigenvalue weighted by Crippen LogP contribution is 2.20. The molecule has 156 valence electrons. The molecule has 0 aliphatic carbocycles. The van der Waals surface area contributed by atoms with Crippen LogP contribution >= 0.6 is 0 Å². The van der Waals surface area contributed by atoms with Crippen molar-refractivity contribution >= 4 is 18.0 Å². The number of alkyl carbamates (subject to hydrolysis) is 1. The molecule has 0 spiro atoms. The molecule has 2 amide bonds. The normalized spacial score (nSPS) is 29.1. The molecular formula is C16H28N2O9. The molecule has 1 fully saturated rings. The topological polar surface area (TPSA) is 175 Å². The summed E-state index contributed by atoms with van der Waals surface area (Å²) in [5.74, 6) is -2.03. The third-order valence-electron chi connectivity index (χ3n) is 4.11. The maximum atomic E-state index is 11.7. The number of aliphatic hydroxyl groups excluding tert-OH is 3. The Balaban J connectivity index is 2.59. The van der Waals surface area contributed by atoms with Gasteiger partial charge in [-0.2, -0.15) is 0 Å². The van der Waals surface area contributed by atoms with Crippen molar-refractivity contribution in [1.82, 2.24) is 10.6 Å². The van der Waals surface area contributed by atoms with Gasteiger partial charge in [-0.3, -0.25) is 4.79 Å². The number of carbonyl (C=O) groups excluding carboxylic acids is 2. The van der Waals surface area contributed by atoms with E-state index in [-0.39, 0.29) is 12.3 Å². The number of nitrogens with one attached hydrogen (secondary N) is 2. The van der Waals surface area contributed by atoms with Crippen molar-refractivity contribution in [3.05, 3.63) is 0 Å². The minimum atomic E-state index is -1.62. The van der Waals surface area contributed by atoms with Gasteiger partial charge in [0.25, 0.3) is 0 Å². The van der Waals surface area contributed by atoms with Crippen molar-refractivity contribution in [1.29, 1.82) is 0 Å². The fraction of sp³-hybridized carbons (Fsp3) is 0.812. The van der Waals surface area contributed by atoms with Crippen LogP contribution in [0.15, 0.2) is 0 Å². The average molecular weight is 392 g/mol. The molecule has 0 aromatic heterocycles. The highest BCUT2D eigenvalue weighted by molar-refractivity contribution is 5.80.